The summed E-state index contributed by atoms with van der Waals surface area (Å²) >= 11 is 0. The maximum atomic E-state index is 12.0. The number of aryl methyl sites for hydroxylation is 2. The number of benzene rings is 4. The number of carbonyl (C=O) groups is 2. The second kappa shape index (κ2) is 10.3. The third-order valence-corrected chi connectivity index (χ3v) is 6.17. The molecule has 4 aromatic rings. The van der Waals surface area contributed by atoms with Crippen LogP contribution in [0.15, 0.2) is 82.8 Å². The smallest absolute Gasteiger partial charge is 0.335 e. The predicted octanol–water partition coefficient (Wildman–Crippen LogP) is 7.44. The molecule has 0 radical (unpaired) electrons. The maximum Gasteiger partial charge on any atom is 0.335 e. The first-order valence-electron chi connectivity index (χ1n) is 11.4. The molecule has 0 aliphatic rings. The largest absolute Gasteiger partial charge is 0.478 e. The highest BCUT2D eigenvalue weighted by atomic mass is 16.4. The van der Waals surface area contributed by atoms with Crippen LogP contribution in [0.25, 0.3) is 22.3 Å². The second-order valence-electron chi connectivity index (χ2n) is 8.52. The van der Waals surface area contributed by atoms with Crippen LogP contribution in [0.2, 0.25) is 0 Å². The molecule has 0 amide bonds. The van der Waals surface area contributed by atoms with E-state index in [1.165, 1.54) is 12.1 Å². The Bertz CT molecular complexity index is 1460. The highest BCUT2D eigenvalue weighted by molar-refractivity contribution is 6.01. The first-order valence-corrected chi connectivity index (χ1v) is 11.4. The van der Waals surface area contributed by atoms with Gasteiger partial charge in [-0.15, -0.1) is 0 Å². The van der Waals surface area contributed by atoms with Gasteiger partial charge < -0.3 is 15.5 Å². The van der Waals surface area contributed by atoms with Crippen LogP contribution in [-0.2, 0) is 0 Å². The molecule has 7 nitrogen and oxygen atoms in total. The number of nitrogens with one attached hydrogen (secondary N) is 1. The Morgan fingerprint density at radius 1 is 0.649 bits per heavy atom. The molecule has 0 saturated heterocycles. The Morgan fingerprint density at radius 3 is 1.35 bits per heavy atom. The third-order valence-electron chi connectivity index (χ3n) is 6.17. The lowest BCUT2D eigenvalue weighted by molar-refractivity contribution is 0.0686. The van der Waals surface area contributed by atoms with Crippen LogP contribution in [-0.4, -0.2) is 35.6 Å². The van der Waals surface area contributed by atoms with Crippen molar-refractivity contribution in [2.24, 2.45) is 9.98 Å². The number of nitrogens with zero attached hydrogens (tertiary/aromatic N) is 2. The van der Waals surface area contributed by atoms with Crippen molar-refractivity contribution >= 4 is 48.1 Å². The van der Waals surface area contributed by atoms with Crippen molar-refractivity contribution in [2.45, 2.75) is 13.8 Å². The summed E-state index contributed by atoms with van der Waals surface area (Å²) in [7, 11) is 0. The number of carboxylic acid groups (broad SMARTS) is 2. The molecule has 184 valence electrons. The molecule has 0 aliphatic heterocycles. The molecule has 0 aliphatic carbocycles. The van der Waals surface area contributed by atoms with E-state index in [0.717, 1.165) is 22.3 Å². The summed E-state index contributed by atoms with van der Waals surface area (Å²) in [5.41, 5.74) is 6.25. The molecule has 3 N–H and O–H groups in total. The molecule has 0 aromatic heterocycles. The van der Waals surface area contributed by atoms with Gasteiger partial charge in [-0.25, -0.2) is 9.59 Å². The summed E-state index contributed by atoms with van der Waals surface area (Å²) in [6.07, 6.45) is 0. The average molecular weight is 492 g/mol. The van der Waals surface area contributed by atoms with E-state index in [0.29, 0.717) is 33.9 Å². The molecule has 4 aromatic carbocycles. The van der Waals surface area contributed by atoms with Gasteiger partial charge in [0.05, 0.1) is 33.9 Å². The monoisotopic (exact) mass is 491 g/mol. The number of hydrogen-bond donors (Lipinski definition) is 3. The minimum absolute atomic E-state index is 0.0368. The number of aliphatic imine (C=N–C) groups is 2. The minimum atomic E-state index is -1.12. The number of anilines is 2. The van der Waals surface area contributed by atoms with E-state index in [-0.39, 0.29) is 11.1 Å². The SMILES string of the molecule is C=Nc1c(Nc2cc(C(=O)O)cc(-c3ccccc3C)c2N=C)cc(C(=O)O)cc1-c1ccccc1C. The number of rotatable bonds is 8. The predicted molar refractivity (Wildman–Crippen MR) is 149 cm³/mol. The van der Waals surface area contributed by atoms with Crippen molar-refractivity contribution in [1.29, 1.82) is 0 Å². The van der Waals surface area contributed by atoms with Crippen molar-refractivity contribution < 1.29 is 19.8 Å². The fourth-order valence-corrected chi connectivity index (χ4v) is 4.35. The van der Waals surface area contributed by atoms with Crippen molar-refractivity contribution in [3.8, 4) is 22.3 Å². The van der Waals surface area contributed by atoms with Gasteiger partial charge >= 0.3 is 11.9 Å². The Kier molecular flexibility index (Phi) is 6.97. The minimum Gasteiger partial charge on any atom is -0.478 e. The van der Waals surface area contributed by atoms with Gasteiger partial charge in [0.1, 0.15) is 0 Å². The summed E-state index contributed by atoms with van der Waals surface area (Å²) in [6.45, 7) is 11.3. The average Bonchev–Trinajstić information content (AvgIpc) is 2.88. The van der Waals surface area contributed by atoms with Gasteiger partial charge in [0.15, 0.2) is 0 Å². The number of hydrogen-bond acceptors (Lipinski definition) is 5. The first kappa shape index (κ1) is 25.1. The third kappa shape index (κ3) is 4.88. The number of aromatic carboxylic acids is 2. The van der Waals surface area contributed by atoms with E-state index in [2.05, 4.69) is 28.7 Å². The van der Waals surface area contributed by atoms with Crippen molar-refractivity contribution in [3.63, 3.8) is 0 Å². The Morgan fingerprint density at radius 2 is 1.03 bits per heavy atom. The van der Waals surface area contributed by atoms with E-state index < -0.39 is 11.9 Å². The van der Waals surface area contributed by atoms with Gasteiger partial charge in [-0.2, -0.15) is 0 Å². The summed E-state index contributed by atoms with van der Waals surface area (Å²) in [6, 6.07) is 21.1. The first-order chi connectivity index (χ1) is 17.7. The highest BCUT2D eigenvalue weighted by Crippen LogP contribution is 2.44. The van der Waals surface area contributed by atoms with Gasteiger partial charge in [-0.1, -0.05) is 48.5 Å². The van der Waals surface area contributed by atoms with Crippen LogP contribution in [0.4, 0.5) is 22.7 Å². The lowest BCUT2D eigenvalue weighted by Gasteiger charge is -2.19. The Balaban J connectivity index is 2.00. The summed E-state index contributed by atoms with van der Waals surface area (Å²) in [5, 5.41) is 22.9. The van der Waals surface area contributed by atoms with Gasteiger partial charge in [-0.3, -0.25) is 9.98 Å². The second-order valence-corrected chi connectivity index (χ2v) is 8.52. The lowest BCUT2D eigenvalue weighted by Crippen LogP contribution is -2.03. The summed E-state index contributed by atoms with van der Waals surface area (Å²) < 4.78 is 0. The maximum absolute atomic E-state index is 12.0. The molecule has 0 spiro atoms. The van der Waals surface area contributed by atoms with Crippen molar-refractivity contribution in [1.82, 2.24) is 0 Å². The molecule has 7 heteroatoms. The van der Waals surface area contributed by atoms with Gasteiger partial charge in [-0.05, 0) is 73.8 Å². The molecule has 0 fully saturated rings. The normalized spacial score (nSPS) is 10.5. The van der Waals surface area contributed by atoms with Crippen LogP contribution < -0.4 is 5.32 Å². The van der Waals surface area contributed by atoms with E-state index in [9.17, 15) is 19.8 Å². The van der Waals surface area contributed by atoms with Crippen LogP contribution in [0.5, 0.6) is 0 Å². The van der Waals surface area contributed by atoms with Crippen molar-refractivity contribution in [3.05, 3.63) is 95.1 Å². The molecular formula is C30H25N3O4. The topological polar surface area (TPSA) is 111 Å². The zero-order valence-corrected chi connectivity index (χ0v) is 20.4. The molecule has 4 rings (SSSR count). The number of carboxylic acids is 2. The molecule has 0 saturated carbocycles. The molecule has 0 bridgehead atoms. The highest BCUT2D eigenvalue weighted by Gasteiger charge is 2.20. The van der Waals surface area contributed by atoms with Crippen molar-refractivity contribution in [2.75, 3.05) is 5.32 Å². The molecular weight excluding hydrogens is 466 g/mol. The zero-order valence-electron chi connectivity index (χ0n) is 20.4. The Hall–Kier alpha value is -5.04. The van der Waals surface area contributed by atoms with E-state index in [1.807, 2.05) is 62.4 Å². The van der Waals surface area contributed by atoms with Crippen LogP contribution >= 0.6 is 0 Å². The fourth-order valence-electron chi connectivity index (χ4n) is 4.35. The molecule has 37 heavy (non-hydrogen) atoms. The standard InChI is InChI=1S/C30H25N3O4/c1-17-9-5-7-11-21(17)23-13-19(29(34)35)15-25(27(23)31-3)33-26-16-20(30(36)37)14-24(28(26)32-4)22-12-8-6-10-18(22)2/h5-16,33H,3-4H2,1-2H3,(H,34,35)(H,36,37). The Labute approximate surface area is 214 Å². The summed E-state index contributed by atoms with van der Waals surface area (Å²) in [5.74, 6) is -2.23. The fraction of sp³-hybridized carbons (Fsp3) is 0.0667. The summed E-state index contributed by atoms with van der Waals surface area (Å²) in [4.78, 5) is 32.5. The van der Waals surface area contributed by atoms with E-state index >= 15 is 0 Å². The molecule has 0 atom stereocenters. The van der Waals surface area contributed by atoms with Crippen LogP contribution in [0.1, 0.15) is 31.8 Å². The molecule has 0 heterocycles. The zero-order chi connectivity index (χ0) is 26.7. The van der Waals surface area contributed by atoms with Crippen LogP contribution in [0, 0.1) is 13.8 Å². The van der Waals surface area contributed by atoms with E-state index in [4.69, 9.17) is 0 Å². The van der Waals surface area contributed by atoms with Gasteiger partial charge in [0.25, 0.3) is 0 Å². The molecule has 0 unspecified atom stereocenters. The lowest BCUT2D eigenvalue weighted by atomic mass is 9.94. The quantitative estimate of drug-likeness (QED) is 0.222. The van der Waals surface area contributed by atoms with Gasteiger partial charge in [0, 0.05) is 11.1 Å². The van der Waals surface area contributed by atoms with E-state index in [1.54, 1.807) is 12.1 Å². The van der Waals surface area contributed by atoms with Crippen LogP contribution in [0.3, 0.4) is 0 Å². The van der Waals surface area contributed by atoms with Gasteiger partial charge in [0.2, 0.25) is 0 Å².